The standard InChI is InChI=1S/C11H12N3O2/c1-13-7-11(12-8-13)9-3-5-10(6-4-9)14(15)16-2/h3-8H,1-2H3/q+1. The zero-order valence-electron chi connectivity index (χ0n) is 9.12. The van der Waals surface area contributed by atoms with Crippen molar-refractivity contribution in [1.82, 2.24) is 9.55 Å². The lowest BCUT2D eigenvalue weighted by Crippen LogP contribution is -1.97. The fourth-order valence-corrected chi connectivity index (χ4v) is 1.42. The molecule has 0 radical (unpaired) electrons. The van der Waals surface area contributed by atoms with Crippen LogP contribution >= 0.6 is 0 Å². The van der Waals surface area contributed by atoms with Gasteiger partial charge in [-0.15, -0.1) is 0 Å². The van der Waals surface area contributed by atoms with Crippen LogP contribution in [0.4, 0.5) is 5.69 Å². The third kappa shape index (κ3) is 1.93. The predicted molar refractivity (Wildman–Crippen MR) is 58.9 cm³/mol. The molecule has 16 heavy (non-hydrogen) atoms. The highest BCUT2D eigenvalue weighted by Crippen LogP contribution is 2.20. The zero-order valence-corrected chi connectivity index (χ0v) is 9.12. The Bertz CT molecular complexity index is 502. The van der Waals surface area contributed by atoms with Crippen LogP contribution in [-0.2, 0) is 11.9 Å². The third-order valence-electron chi connectivity index (χ3n) is 2.24. The average molecular weight is 218 g/mol. The van der Waals surface area contributed by atoms with Crippen molar-refractivity contribution >= 4 is 5.69 Å². The fraction of sp³-hybridized carbons (Fsp3) is 0.182. The topological polar surface area (TPSA) is 47.1 Å². The molecule has 0 fully saturated rings. The lowest BCUT2D eigenvalue weighted by Gasteiger charge is -1.94. The number of nitrogens with zero attached hydrogens (tertiary/aromatic N) is 3. The van der Waals surface area contributed by atoms with Crippen molar-refractivity contribution in [1.29, 1.82) is 0 Å². The van der Waals surface area contributed by atoms with E-state index in [0.29, 0.717) is 10.6 Å². The smallest absolute Gasteiger partial charge is 0.316 e. The summed E-state index contributed by atoms with van der Waals surface area (Å²) in [6, 6.07) is 7.06. The van der Waals surface area contributed by atoms with Gasteiger partial charge in [0.05, 0.1) is 16.9 Å². The van der Waals surface area contributed by atoms with Gasteiger partial charge in [-0.2, -0.15) is 0 Å². The highest BCUT2D eigenvalue weighted by Gasteiger charge is 2.13. The van der Waals surface area contributed by atoms with Gasteiger partial charge in [-0.05, 0) is 12.1 Å². The van der Waals surface area contributed by atoms with Crippen molar-refractivity contribution in [3.63, 3.8) is 0 Å². The highest BCUT2D eigenvalue weighted by atomic mass is 16.8. The molecule has 0 aliphatic heterocycles. The average Bonchev–Trinajstić information content (AvgIpc) is 2.75. The van der Waals surface area contributed by atoms with E-state index in [1.165, 1.54) is 7.11 Å². The largest absolute Gasteiger partial charge is 0.340 e. The summed E-state index contributed by atoms with van der Waals surface area (Å²) in [4.78, 5) is 20.4. The number of hydrogen-bond acceptors (Lipinski definition) is 3. The van der Waals surface area contributed by atoms with Crippen molar-refractivity contribution in [3.05, 3.63) is 41.7 Å². The first-order valence-electron chi connectivity index (χ1n) is 4.80. The first kappa shape index (κ1) is 10.4. The van der Waals surface area contributed by atoms with Crippen molar-refractivity contribution in [2.24, 2.45) is 7.05 Å². The van der Waals surface area contributed by atoms with Gasteiger partial charge in [0.15, 0.2) is 7.11 Å². The summed E-state index contributed by atoms with van der Waals surface area (Å²) >= 11 is 0. The molecule has 1 heterocycles. The Balaban J connectivity index is 2.29. The van der Waals surface area contributed by atoms with Gasteiger partial charge >= 0.3 is 5.69 Å². The van der Waals surface area contributed by atoms with Gasteiger partial charge in [0.25, 0.3) is 4.92 Å². The van der Waals surface area contributed by atoms with Gasteiger partial charge in [-0.25, -0.2) is 9.82 Å². The highest BCUT2D eigenvalue weighted by molar-refractivity contribution is 5.59. The van der Waals surface area contributed by atoms with Crippen molar-refractivity contribution < 1.29 is 9.76 Å². The first-order chi connectivity index (χ1) is 7.70. The first-order valence-corrected chi connectivity index (χ1v) is 4.80. The molecule has 0 saturated carbocycles. The number of hydrogen-bond donors (Lipinski definition) is 0. The monoisotopic (exact) mass is 218 g/mol. The Morgan fingerprint density at radius 2 is 2.00 bits per heavy atom. The summed E-state index contributed by atoms with van der Waals surface area (Å²) in [5, 5.41) is 0. The lowest BCUT2D eigenvalue weighted by molar-refractivity contribution is -0.736. The Hall–Kier alpha value is -2.17. The van der Waals surface area contributed by atoms with Crippen LogP contribution in [-0.4, -0.2) is 21.6 Å². The summed E-state index contributed by atoms with van der Waals surface area (Å²) in [6.45, 7) is 0. The molecular weight excluding hydrogens is 206 g/mol. The third-order valence-corrected chi connectivity index (χ3v) is 2.24. The molecule has 5 heteroatoms. The van der Waals surface area contributed by atoms with Crippen molar-refractivity contribution in [2.45, 2.75) is 0 Å². The van der Waals surface area contributed by atoms with Gasteiger partial charge in [-0.3, -0.25) is 0 Å². The fourth-order valence-electron chi connectivity index (χ4n) is 1.42. The second kappa shape index (κ2) is 4.14. The van der Waals surface area contributed by atoms with E-state index in [1.807, 2.05) is 29.9 Å². The van der Waals surface area contributed by atoms with E-state index in [1.54, 1.807) is 18.5 Å². The van der Waals surface area contributed by atoms with Crippen molar-refractivity contribution in [2.75, 3.05) is 7.11 Å². The van der Waals surface area contributed by atoms with Gasteiger partial charge in [-0.1, -0.05) is 0 Å². The number of rotatable bonds is 3. The molecule has 0 unspecified atom stereocenters. The zero-order chi connectivity index (χ0) is 11.5. The molecule has 5 nitrogen and oxygen atoms in total. The van der Waals surface area contributed by atoms with Crippen LogP contribution < -0.4 is 0 Å². The summed E-state index contributed by atoms with van der Waals surface area (Å²) in [5.41, 5.74) is 2.31. The molecular formula is C11H12N3O2+. The molecule has 0 spiro atoms. The normalized spacial score (nSPS) is 10.1. The second-order valence-electron chi connectivity index (χ2n) is 3.41. The molecule has 0 saturated heterocycles. The Labute approximate surface area is 92.8 Å². The van der Waals surface area contributed by atoms with Crippen LogP contribution in [0.2, 0.25) is 0 Å². The summed E-state index contributed by atoms with van der Waals surface area (Å²) < 4.78 is 1.87. The van der Waals surface area contributed by atoms with E-state index in [0.717, 1.165) is 11.3 Å². The maximum absolute atomic E-state index is 11.1. The maximum atomic E-state index is 11.1. The van der Waals surface area contributed by atoms with Crippen LogP contribution in [0.1, 0.15) is 0 Å². The van der Waals surface area contributed by atoms with E-state index in [4.69, 9.17) is 0 Å². The molecule has 2 rings (SSSR count). The van der Waals surface area contributed by atoms with E-state index in [-0.39, 0.29) is 0 Å². The molecule has 0 N–H and O–H groups in total. The summed E-state index contributed by atoms with van der Waals surface area (Å²) in [6.07, 6.45) is 3.65. The van der Waals surface area contributed by atoms with Gasteiger partial charge in [0.2, 0.25) is 0 Å². The molecule has 0 aliphatic rings. The molecule has 2 aromatic rings. The summed E-state index contributed by atoms with van der Waals surface area (Å²) in [7, 11) is 3.24. The van der Waals surface area contributed by atoms with Crippen LogP contribution in [0.3, 0.4) is 0 Å². The Morgan fingerprint density at radius 3 is 2.50 bits per heavy atom. The molecule has 1 aromatic carbocycles. The molecule has 82 valence electrons. The minimum absolute atomic E-state index is 0.460. The van der Waals surface area contributed by atoms with E-state index in [2.05, 4.69) is 9.82 Å². The van der Waals surface area contributed by atoms with Gasteiger partial charge in [0, 0.05) is 30.9 Å². The molecule has 1 aromatic heterocycles. The van der Waals surface area contributed by atoms with Gasteiger partial charge < -0.3 is 4.57 Å². The molecule has 0 atom stereocenters. The van der Waals surface area contributed by atoms with Crippen LogP contribution in [0.25, 0.3) is 11.3 Å². The van der Waals surface area contributed by atoms with Crippen LogP contribution in [0.15, 0.2) is 36.8 Å². The quantitative estimate of drug-likeness (QED) is 0.741. The number of aromatic nitrogens is 2. The SMILES string of the molecule is CO[N+](=O)c1ccc(-c2cn(C)cn2)cc1. The molecule has 0 bridgehead atoms. The minimum Gasteiger partial charge on any atom is -0.340 e. The predicted octanol–water partition coefficient (Wildman–Crippen LogP) is 2.06. The molecule has 0 amide bonds. The number of imidazole rings is 1. The second-order valence-corrected chi connectivity index (χ2v) is 3.41. The van der Waals surface area contributed by atoms with Crippen molar-refractivity contribution in [3.8, 4) is 11.3 Å². The number of aryl methyl sites for hydroxylation is 1. The van der Waals surface area contributed by atoms with E-state index >= 15 is 0 Å². The van der Waals surface area contributed by atoms with Crippen LogP contribution in [0.5, 0.6) is 0 Å². The number of benzene rings is 1. The van der Waals surface area contributed by atoms with Gasteiger partial charge in [0.1, 0.15) is 0 Å². The van der Waals surface area contributed by atoms with Crippen LogP contribution in [0, 0.1) is 4.91 Å². The lowest BCUT2D eigenvalue weighted by atomic mass is 10.1. The molecule has 0 aliphatic carbocycles. The summed E-state index contributed by atoms with van der Waals surface area (Å²) in [5.74, 6) is 0. The Morgan fingerprint density at radius 1 is 1.31 bits per heavy atom. The minimum atomic E-state index is 0.460. The Kier molecular flexibility index (Phi) is 2.68. The van der Waals surface area contributed by atoms with E-state index in [9.17, 15) is 4.91 Å². The van der Waals surface area contributed by atoms with E-state index < -0.39 is 0 Å². The maximum Gasteiger partial charge on any atom is 0.316 e.